The van der Waals surface area contributed by atoms with Crippen molar-refractivity contribution < 1.29 is 18.7 Å². The Kier molecular flexibility index (Phi) is 5.19. The molecular weight excluding hydrogens is 263 g/mol. The van der Waals surface area contributed by atoms with Gasteiger partial charge in [0.2, 0.25) is 0 Å². The fourth-order valence-corrected chi connectivity index (χ4v) is 3.35. The molecular formula is C14H23O4P. The summed E-state index contributed by atoms with van der Waals surface area (Å²) >= 11 is 0. The molecule has 0 fully saturated rings. The summed E-state index contributed by atoms with van der Waals surface area (Å²) in [5.41, 5.74) is 1.64. The Morgan fingerprint density at radius 2 is 1.84 bits per heavy atom. The molecule has 1 N–H and O–H groups in total. The number of phenols is 1. The van der Waals surface area contributed by atoms with Crippen LogP contribution in [0.4, 0.5) is 0 Å². The van der Waals surface area contributed by atoms with Gasteiger partial charge in [0.1, 0.15) is 5.75 Å². The zero-order valence-corrected chi connectivity index (χ0v) is 13.2. The largest absolute Gasteiger partial charge is 0.508 e. The van der Waals surface area contributed by atoms with Crippen molar-refractivity contribution in [2.45, 2.75) is 32.6 Å². The van der Waals surface area contributed by atoms with E-state index in [0.29, 0.717) is 12.6 Å². The second-order valence-electron chi connectivity index (χ2n) is 5.35. The van der Waals surface area contributed by atoms with Gasteiger partial charge < -0.3 is 14.2 Å². The molecule has 1 aromatic rings. The van der Waals surface area contributed by atoms with Gasteiger partial charge in [-0.05, 0) is 30.4 Å². The van der Waals surface area contributed by atoms with E-state index in [1.165, 1.54) is 14.2 Å². The third kappa shape index (κ3) is 4.07. The van der Waals surface area contributed by atoms with Crippen molar-refractivity contribution >= 4 is 7.60 Å². The zero-order chi connectivity index (χ0) is 14.7. The van der Waals surface area contributed by atoms with Crippen LogP contribution in [0.3, 0.4) is 0 Å². The number of benzene rings is 1. The number of hydrogen-bond donors (Lipinski definition) is 1. The summed E-state index contributed by atoms with van der Waals surface area (Å²) in [7, 11) is -0.226. The Balaban J connectivity index is 2.92. The number of phenolic OH excluding ortho intramolecular Hbond substituents is 1. The topological polar surface area (TPSA) is 55.8 Å². The third-order valence-electron chi connectivity index (χ3n) is 3.45. The van der Waals surface area contributed by atoms with Crippen LogP contribution in [-0.2, 0) is 19.0 Å². The van der Waals surface area contributed by atoms with Crippen LogP contribution in [0, 0.1) is 6.92 Å². The molecule has 1 rings (SSSR count). The molecule has 19 heavy (non-hydrogen) atoms. The Morgan fingerprint density at radius 1 is 1.26 bits per heavy atom. The molecule has 0 atom stereocenters. The Hall–Kier alpha value is -0.830. The molecule has 0 aromatic heterocycles. The number of aromatic hydroxyl groups is 1. The van der Waals surface area contributed by atoms with Gasteiger partial charge in [0, 0.05) is 14.2 Å². The lowest BCUT2D eigenvalue weighted by Gasteiger charge is -2.27. The van der Waals surface area contributed by atoms with Crippen LogP contribution in [0.1, 0.15) is 31.4 Å². The summed E-state index contributed by atoms with van der Waals surface area (Å²) in [6, 6.07) is 5.52. The van der Waals surface area contributed by atoms with E-state index >= 15 is 0 Å². The van der Waals surface area contributed by atoms with Crippen molar-refractivity contribution in [3.63, 3.8) is 0 Å². The van der Waals surface area contributed by atoms with Crippen molar-refractivity contribution in [2.24, 2.45) is 0 Å². The second kappa shape index (κ2) is 6.08. The zero-order valence-electron chi connectivity index (χ0n) is 12.3. The molecule has 108 valence electrons. The first-order valence-corrected chi connectivity index (χ1v) is 7.97. The Morgan fingerprint density at radius 3 is 2.37 bits per heavy atom. The fourth-order valence-electron chi connectivity index (χ4n) is 2.00. The normalized spacial score (nSPS) is 12.7. The number of hydrogen-bond acceptors (Lipinski definition) is 4. The highest BCUT2D eigenvalue weighted by Gasteiger charge is 2.29. The van der Waals surface area contributed by atoms with Gasteiger partial charge in [-0.2, -0.15) is 0 Å². The monoisotopic (exact) mass is 286 g/mol. The average Bonchev–Trinajstić information content (AvgIpc) is 2.39. The Labute approximate surface area is 115 Å². The second-order valence-corrected chi connectivity index (χ2v) is 7.75. The minimum Gasteiger partial charge on any atom is -0.508 e. The minimum absolute atomic E-state index is 0.264. The highest BCUT2D eigenvalue weighted by molar-refractivity contribution is 7.53. The lowest BCUT2D eigenvalue weighted by molar-refractivity contribution is 0.271. The van der Waals surface area contributed by atoms with E-state index in [4.69, 9.17) is 9.05 Å². The van der Waals surface area contributed by atoms with E-state index in [9.17, 15) is 9.67 Å². The molecule has 0 aliphatic heterocycles. The molecule has 5 heteroatoms. The predicted octanol–water partition coefficient (Wildman–Crippen LogP) is 3.85. The number of aryl methyl sites for hydroxylation is 1. The first kappa shape index (κ1) is 16.2. The van der Waals surface area contributed by atoms with Gasteiger partial charge in [0.15, 0.2) is 0 Å². The van der Waals surface area contributed by atoms with Crippen LogP contribution in [0.2, 0.25) is 0 Å². The summed E-state index contributed by atoms with van der Waals surface area (Å²) in [6.07, 6.45) is 0.920. The van der Waals surface area contributed by atoms with E-state index in [1.807, 2.05) is 32.9 Å². The van der Waals surface area contributed by atoms with Gasteiger partial charge in [-0.15, -0.1) is 0 Å². The van der Waals surface area contributed by atoms with Gasteiger partial charge in [0.05, 0.1) is 6.16 Å². The van der Waals surface area contributed by atoms with E-state index < -0.39 is 7.60 Å². The molecule has 0 saturated heterocycles. The van der Waals surface area contributed by atoms with Crippen LogP contribution in [0.15, 0.2) is 18.2 Å². The maximum Gasteiger partial charge on any atom is 0.330 e. The van der Waals surface area contributed by atoms with E-state index in [2.05, 4.69) is 0 Å². The summed E-state index contributed by atoms with van der Waals surface area (Å²) in [5.74, 6) is 0.264. The minimum atomic E-state index is -3.01. The van der Waals surface area contributed by atoms with Gasteiger partial charge in [-0.1, -0.05) is 31.5 Å². The lowest BCUT2D eigenvalue weighted by atomic mass is 9.81. The molecule has 0 unspecified atom stereocenters. The standard InChI is InChI=1S/C14H23O4P/c1-11-6-7-13(15)12(10-11)14(2,3)8-9-19(16,17-4)18-5/h6-7,10,15H,8-9H2,1-5H3. The third-order valence-corrected chi connectivity index (χ3v) is 5.33. The maximum absolute atomic E-state index is 12.1. The van der Waals surface area contributed by atoms with Gasteiger partial charge in [-0.3, -0.25) is 4.57 Å². The van der Waals surface area contributed by atoms with Crippen LogP contribution >= 0.6 is 7.60 Å². The summed E-state index contributed by atoms with van der Waals surface area (Å²) in [5, 5.41) is 9.98. The van der Waals surface area contributed by atoms with Crippen LogP contribution in [-0.4, -0.2) is 25.5 Å². The van der Waals surface area contributed by atoms with E-state index in [-0.39, 0.29) is 11.2 Å². The van der Waals surface area contributed by atoms with E-state index in [1.54, 1.807) is 6.07 Å². The first-order chi connectivity index (χ1) is 8.74. The van der Waals surface area contributed by atoms with Crippen molar-refractivity contribution in [2.75, 3.05) is 20.4 Å². The molecule has 0 heterocycles. The summed E-state index contributed by atoms with van der Waals surface area (Å²) < 4.78 is 22.0. The maximum atomic E-state index is 12.1. The van der Waals surface area contributed by atoms with Gasteiger partial charge in [0.25, 0.3) is 0 Å². The van der Waals surface area contributed by atoms with Crippen molar-refractivity contribution in [3.05, 3.63) is 29.3 Å². The van der Waals surface area contributed by atoms with Crippen LogP contribution < -0.4 is 0 Å². The highest BCUT2D eigenvalue weighted by Crippen LogP contribution is 2.49. The molecule has 1 aromatic carbocycles. The van der Waals surface area contributed by atoms with Crippen molar-refractivity contribution in [3.8, 4) is 5.75 Å². The summed E-state index contributed by atoms with van der Waals surface area (Å²) in [4.78, 5) is 0. The van der Waals surface area contributed by atoms with E-state index in [0.717, 1.165) is 11.1 Å². The first-order valence-electron chi connectivity index (χ1n) is 6.25. The smallest absolute Gasteiger partial charge is 0.330 e. The quantitative estimate of drug-likeness (QED) is 0.807. The van der Waals surface area contributed by atoms with Gasteiger partial charge in [-0.25, -0.2) is 0 Å². The molecule has 4 nitrogen and oxygen atoms in total. The van der Waals surface area contributed by atoms with Gasteiger partial charge >= 0.3 is 7.60 Å². The molecule has 0 saturated carbocycles. The fraction of sp³-hybridized carbons (Fsp3) is 0.571. The average molecular weight is 286 g/mol. The van der Waals surface area contributed by atoms with Crippen molar-refractivity contribution in [1.29, 1.82) is 0 Å². The molecule has 0 radical (unpaired) electrons. The Bertz CT molecular complexity index is 474. The SMILES string of the molecule is COP(=O)(CCC(C)(C)c1cc(C)ccc1O)OC. The predicted molar refractivity (Wildman–Crippen MR) is 77.0 cm³/mol. The summed E-state index contributed by atoms with van der Waals surface area (Å²) in [6.45, 7) is 6.00. The van der Waals surface area contributed by atoms with Crippen molar-refractivity contribution in [1.82, 2.24) is 0 Å². The van der Waals surface area contributed by atoms with Crippen LogP contribution in [0.25, 0.3) is 0 Å². The highest BCUT2D eigenvalue weighted by atomic mass is 31.2. The molecule has 0 aliphatic rings. The number of rotatable bonds is 6. The van der Waals surface area contributed by atoms with Crippen LogP contribution in [0.5, 0.6) is 5.75 Å². The molecule has 0 amide bonds. The molecule has 0 spiro atoms. The molecule has 0 aliphatic carbocycles. The lowest BCUT2D eigenvalue weighted by Crippen LogP contribution is -2.19. The molecule has 0 bridgehead atoms.